The van der Waals surface area contributed by atoms with E-state index in [1.165, 1.54) is 11.0 Å². The molecule has 7 nitrogen and oxygen atoms in total. The Balaban J connectivity index is 1.83. The topological polar surface area (TPSA) is 87.7 Å². The van der Waals surface area contributed by atoms with Gasteiger partial charge in [0, 0.05) is 25.4 Å². The Morgan fingerprint density at radius 2 is 1.74 bits per heavy atom. The van der Waals surface area contributed by atoms with E-state index in [4.69, 9.17) is 4.74 Å². The second kappa shape index (κ2) is 11.0. The first-order valence-corrected chi connectivity index (χ1v) is 9.96. The van der Waals surface area contributed by atoms with Crippen LogP contribution < -0.4 is 10.6 Å². The van der Waals surface area contributed by atoms with Crippen molar-refractivity contribution in [1.29, 1.82) is 0 Å². The van der Waals surface area contributed by atoms with Gasteiger partial charge in [-0.05, 0) is 50.1 Å². The van der Waals surface area contributed by atoms with Gasteiger partial charge < -0.3 is 20.3 Å². The zero-order valence-electron chi connectivity index (χ0n) is 18.3. The summed E-state index contributed by atoms with van der Waals surface area (Å²) in [7, 11) is 1.65. The zero-order chi connectivity index (χ0) is 22.9. The monoisotopic (exact) mass is 423 g/mol. The molecule has 0 spiro atoms. The number of ether oxygens (including phenoxy) is 1. The molecule has 0 bridgehead atoms. The molecule has 0 aliphatic carbocycles. The predicted octanol–water partition coefficient (Wildman–Crippen LogP) is 3.82. The van der Waals surface area contributed by atoms with E-state index in [1.807, 2.05) is 57.2 Å². The Morgan fingerprint density at radius 1 is 1.03 bits per heavy atom. The molecule has 0 unspecified atom stereocenters. The number of nitrogens with one attached hydrogen (secondary N) is 2. The van der Waals surface area contributed by atoms with Crippen LogP contribution in [0.15, 0.2) is 60.7 Å². The minimum Gasteiger partial charge on any atom is -0.444 e. The lowest BCUT2D eigenvalue weighted by molar-refractivity contribution is -0.121. The molecule has 2 aromatic carbocycles. The van der Waals surface area contributed by atoms with Crippen LogP contribution in [0.25, 0.3) is 6.08 Å². The summed E-state index contributed by atoms with van der Waals surface area (Å²) in [5, 5.41) is 5.29. The SMILES string of the molecule is CN(Cc1cccc(NC(=O)CNC(=O)/C=C/c2ccccc2)c1)C(=O)OC(C)(C)C. The summed E-state index contributed by atoms with van der Waals surface area (Å²) >= 11 is 0. The Kier molecular flexibility index (Phi) is 8.37. The molecule has 2 rings (SSSR count). The Hall–Kier alpha value is -3.61. The minimum absolute atomic E-state index is 0.153. The lowest BCUT2D eigenvalue weighted by Gasteiger charge is -2.24. The second-order valence-corrected chi connectivity index (χ2v) is 8.05. The summed E-state index contributed by atoms with van der Waals surface area (Å²) in [6.07, 6.45) is 2.64. The molecule has 0 radical (unpaired) electrons. The summed E-state index contributed by atoms with van der Waals surface area (Å²) in [6.45, 7) is 5.61. The third-order valence-electron chi connectivity index (χ3n) is 3.99. The maximum atomic E-state index is 12.2. The fourth-order valence-electron chi connectivity index (χ4n) is 2.59. The van der Waals surface area contributed by atoms with Crippen LogP contribution >= 0.6 is 0 Å². The standard InChI is InChI=1S/C24H29N3O4/c1-24(2,3)31-23(30)27(4)17-19-11-8-12-20(15-19)26-22(29)16-25-21(28)14-13-18-9-6-5-7-10-18/h5-15H,16-17H2,1-4H3,(H,25,28)(H,26,29)/b14-13+. The Bertz CT molecular complexity index is 933. The van der Waals surface area contributed by atoms with Gasteiger partial charge in [0.15, 0.2) is 0 Å². The van der Waals surface area contributed by atoms with Crippen molar-refractivity contribution in [3.05, 3.63) is 71.8 Å². The highest BCUT2D eigenvalue weighted by atomic mass is 16.6. The number of benzene rings is 2. The fourth-order valence-corrected chi connectivity index (χ4v) is 2.59. The maximum Gasteiger partial charge on any atom is 0.410 e. The number of rotatable bonds is 7. The molecule has 2 aromatic rings. The highest BCUT2D eigenvalue weighted by Gasteiger charge is 2.19. The van der Waals surface area contributed by atoms with E-state index >= 15 is 0 Å². The number of hydrogen-bond donors (Lipinski definition) is 2. The molecular formula is C24H29N3O4. The molecule has 3 amide bonds. The number of carbonyl (C=O) groups excluding carboxylic acids is 3. The molecule has 2 N–H and O–H groups in total. The highest BCUT2D eigenvalue weighted by Crippen LogP contribution is 2.14. The summed E-state index contributed by atoms with van der Waals surface area (Å²) in [5.74, 6) is -0.703. The number of nitrogens with zero attached hydrogens (tertiary/aromatic N) is 1. The smallest absolute Gasteiger partial charge is 0.410 e. The maximum absolute atomic E-state index is 12.2. The molecular weight excluding hydrogens is 394 g/mol. The van der Waals surface area contributed by atoms with Gasteiger partial charge in [-0.1, -0.05) is 42.5 Å². The van der Waals surface area contributed by atoms with Gasteiger partial charge in [0.2, 0.25) is 11.8 Å². The van der Waals surface area contributed by atoms with E-state index in [0.717, 1.165) is 11.1 Å². The van der Waals surface area contributed by atoms with Crippen LogP contribution in [0.5, 0.6) is 0 Å². The Morgan fingerprint density at radius 3 is 2.42 bits per heavy atom. The van der Waals surface area contributed by atoms with Crippen molar-refractivity contribution in [1.82, 2.24) is 10.2 Å². The fraction of sp³-hybridized carbons (Fsp3) is 0.292. The van der Waals surface area contributed by atoms with E-state index in [1.54, 1.807) is 31.3 Å². The number of hydrogen-bond acceptors (Lipinski definition) is 4. The van der Waals surface area contributed by atoms with E-state index in [2.05, 4.69) is 10.6 Å². The molecule has 0 aliphatic rings. The van der Waals surface area contributed by atoms with Crippen LogP contribution in [0.3, 0.4) is 0 Å². The Labute approximate surface area is 183 Å². The lowest BCUT2D eigenvalue weighted by atomic mass is 10.2. The van der Waals surface area contributed by atoms with Gasteiger partial charge in [-0.25, -0.2) is 4.79 Å². The van der Waals surface area contributed by atoms with Crippen molar-refractivity contribution < 1.29 is 19.1 Å². The first-order valence-electron chi connectivity index (χ1n) is 9.96. The van der Waals surface area contributed by atoms with E-state index < -0.39 is 11.7 Å². The van der Waals surface area contributed by atoms with Gasteiger partial charge in [-0.3, -0.25) is 9.59 Å². The molecule has 0 saturated carbocycles. The van der Waals surface area contributed by atoms with Crippen molar-refractivity contribution in [3.63, 3.8) is 0 Å². The van der Waals surface area contributed by atoms with Gasteiger partial charge in [-0.15, -0.1) is 0 Å². The van der Waals surface area contributed by atoms with Crippen molar-refractivity contribution in [2.45, 2.75) is 32.9 Å². The van der Waals surface area contributed by atoms with Crippen LogP contribution in [-0.2, 0) is 20.9 Å². The van der Waals surface area contributed by atoms with Crippen LogP contribution in [0.2, 0.25) is 0 Å². The number of amides is 3. The first-order chi connectivity index (χ1) is 14.6. The van der Waals surface area contributed by atoms with Crippen molar-refractivity contribution in [2.75, 3.05) is 18.9 Å². The van der Waals surface area contributed by atoms with Gasteiger partial charge in [0.25, 0.3) is 0 Å². The summed E-state index contributed by atoms with van der Waals surface area (Å²) < 4.78 is 5.34. The molecule has 0 atom stereocenters. The van der Waals surface area contributed by atoms with E-state index in [9.17, 15) is 14.4 Å². The summed E-state index contributed by atoms with van der Waals surface area (Å²) in [6, 6.07) is 16.6. The molecule has 0 fully saturated rings. The van der Waals surface area contributed by atoms with Crippen molar-refractivity contribution in [3.8, 4) is 0 Å². The van der Waals surface area contributed by atoms with Crippen LogP contribution in [0, 0.1) is 0 Å². The van der Waals surface area contributed by atoms with E-state index in [-0.39, 0.29) is 18.4 Å². The van der Waals surface area contributed by atoms with Gasteiger partial charge >= 0.3 is 6.09 Å². The quantitative estimate of drug-likeness (QED) is 0.663. The second-order valence-electron chi connectivity index (χ2n) is 8.05. The van der Waals surface area contributed by atoms with Crippen LogP contribution in [0.1, 0.15) is 31.9 Å². The average molecular weight is 424 g/mol. The largest absolute Gasteiger partial charge is 0.444 e. The minimum atomic E-state index is -0.568. The van der Waals surface area contributed by atoms with Gasteiger partial charge in [0.1, 0.15) is 5.60 Å². The normalized spacial score (nSPS) is 11.1. The lowest BCUT2D eigenvalue weighted by Crippen LogP contribution is -2.33. The summed E-state index contributed by atoms with van der Waals surface area (Å²) in [4.78, 5) is 37.6. The van der Waals surface area contributed by atoms with Crippen LogP contribution in [0.4, 0.5) is 10.5 Å². The third kappa shape index (κ3) is 9.16. The first kappa shape index (κ1) is 23.7. The number of carbonyl (C=O) groups is 3. The number of anilines is 1. The van der Waals surface area contributed by atoms with Crippen molar-refractivity contribution in [2.24, 2.45) is 0 Å². The molecule has 0 aromatic heterocycles. The van der Waals surface area contributed by atoms with Gasteiger partial charge in [-0.2, -0.15) is 0 Å². The van der Waals surface area contributed by atoms with Crippen molar-refractivity contribution >= 4 is 29.7 Å². The third-order valence-corrected chi connectivity index (χ3v) is 3.99. The predicted molar refractivity (Wildman–Crippen MR) is 121 cm³/mol. The molecule has 0 saturated heterocycles. The van der Waals surface area contributed by atoms with Crippen LogP contribution in [-0.4, -0.2) is 42.0 Å². The highest BCUT2D eigenvalue weighted by molar-refractivity contribution is 5.98. The van der Waals surface area contributed by atoms with E-state index in [0.29, 0.717) is 12.2 Å². The zero-order valence-corrected chi connectivity index (χ0v) is 18.3. The van der Waals surface area contributed by atoms with Gasteiger partial charge in [0.05, 0.1) is 6.54 Å². The molecule has 31 heavy (non-hydrogen) atoms. The summed E-state index contributed by atoms with van der Waals surface area (Å²) in [5.41, 5.74) is 1.74. The molecule has 7 heteroatoms. The molecule has 0 aliphatic heterocycles. The molecule has 164 valence electrons. The average Bonchev–Trinajstić information content (AvgIpc) is 2.70. The molecule has 0 heterocycles.